The van der Waals surface area contributed by atoms with Crippen LogP contribution in [0.5, 0.6) is 0 Å². The fraction of sp³-hybridized carbons (Fsp3) is 0. The molecule has 0 bridgehead atoms. The summed E-state index contributed by atoms with van der Waals surface area (Å²) in [4.78, 5) is -0.455. The van der Waals surface area contributed by atoms with Crippen molar-refractivity contribution in [3.8, 4) is 0 Å². The van der Waals surface area contributed by atoms with Crippen LogP contribution in [0.3, 0.4) is 0 Å². The van der Waals surface area contributed by atoms with Gasteiger partial charge in [-0.3, -0.25) is 4.55 Å². The molecule has 0 aliphatic heterocycles. The fourth-order valence-electron chi connectivity index (χ4n) is 0.702. The average Bonchev–Trinajstić information content (AvgIpc) is 1.94. The molecule has 0 radical (unpaired) electrons. The summed E-state index contributed by atoms with van der Waals surface area (Å²) >= 11 is 16.6. The van der Waals surface area contributed by atoms with E-state index in [1.807, 2.05) is 0 Å². The summed E-state index contributed by atoms with van der Waals surface area (Å²) in [5.41, 5.74) is 0. The molecule has 15 heavy (non-hydrogen) atoms. The van der Waals surface area contributed by atoms with Crippen molar-refractivity contribution in [2.75, 3.05) is 0 Å². The van der Waals surface area contributed by atoms with Crippen LogP contribution in [-0.4, -0.2) is 93.9 Å². The van der Waals surface area contributed by atoms with Gasteiger partial charge in [-0.15, -0.1) is 0 Å². The predicted molar refractivity (Wildman–Crippen MR) is 65.6 cm³/mol. The molecule has 0 saturated carbocycles. The normalized spacial score (nSPS) is 10.1. The first-order valence-corrected chi connectivity index (χ1v) is 5.52. The van der Waals surface area contributed by atoms with E-state index >= 15 is 0 Å². The number of hydrogen-bond acceptors (Lipinski definition) is 2. The van der Waals surface area contributed by atoms with E-state index in [1.54, 1.807) is 0 Å². The van der Waals surface area contributed by atoms with Crippen LogP contribution in [0.15, 0.2) is 17.0 Å². The Morgan fingerprint density at radius 2 is 1.40 bits per heavy atom. The van der Waals surface area contributed by atoms with Crippen LogP contribution in [0.25, 0.3) is 0 Å². The Morgan fingerprint density at radius 1 is 1.00 bits per heavy atom. The zero-order valence-electron chi connectivity index (χ0n) is 5.96. The predicted octanol–water partition coefficient (Wildman–Crippen LogP) is 1.60. The minimum absolute atomic E-state index is 0. The molecule has 1 aromatic rings. The Hall–Kier alpha value is 2.64. The van der Waals surface area contributed by atoms with Crippen molar-refractivity contribution in [1.29, 1.82) is 0 Å². The van der Waals surface area contributed by atoms with Gasteiger partial charge in [-0.2, -0.15) is 8.42 Å². The van der Waals surface area contributed by atoms with E-state index < -0.39 is 15.0 Å². The summed E-state index contributed by atoms with van der Waals surface area (Å²) in [6.45, 7) is 0. The molecular weight excluding hydrogens is 321 g/mol. The molecule has 0 unspecified atom stereocenters. The SMILES string of the molecule is O=S(=O)(O)c1cc(Cl)c(Cl)cc1Cl.[KH].[NaH]. The second kappa shape index (κ2) is 7.94. The Bertz CT molecular complexity index is 451. The van der Waals surface area contributed by atoms with Crippen molar-refractivity contribution in [3.63, 3.8) is 0 Å². The molecule has 0 fully saturated rings. The van der Waals surface area contributed by atoms with Crippen molar-refractivity contribution in [1.82, 2.24) is 0 Å². The molecule has 76 valence electrons. The molecule has 0 atom stereocenters. The standard InChI is InChI=1S/C6H3Cl3O3S.K.Na.2H/c7-3-1-5(9)6(2-4(3)8)13(10,11)12;;;;/h1-2H,(H,10,11,12);;;;. The topological polar surface area (TPSA) is 54.4 Å². The minimum atomic E-state index is -4.35. The van der Waals surface area contributed by atoms with E-state index in [0.717, 1.165) is 12.1 Å². The Morgan fingerprint density at radius 3 is 1.80 bits per heavy atom. The molecular formula is C6H5Cl3KNaO3S. The third-order valence-corrected chi connectivity index (χ3v) is 3.29. The van der Waals surface area contributed by atoms with Crippen LogP contribution in [0.4, 0.5) is 0 Å². The van der Waals surface area contributed by atoms with Gasteiger partial charge in [0.15, 0.2) is 0 Å². The van der Waals surface area contributed by atoms with Gasteiger partial charge in [-0.05, 0) is 12.1 Å². The average molecular weight is 326 g/mol. The molecule has 9 heteroatoms. The van der Waals surface area contributed by atoms with Gasteiger partial charge in [-0.25, -0.2) is 0 Å². The van der Waals surface area contributed by atoms with E-state index in [-0.39, 0.29) is 96.0 Å². The van der Waals surface area contributed by atoms with Gasteiger partial charge < -0.3 is 0 Å². The Labute approximate surface area is 167 Å². The van der Waals surface area contributed by atoms with E-state index in [0.29, 0.717) is 0 Å². The maximum absolute atomic E-state index is 10.7. The first-order chi connectivity index (χ1) is 5.82. The quantitative estimate of drug-likeness (QED) is 0.485. The van der Waals surface area contributed by atoms with Gasteiger partial charge in [0.25, 0.3) is 10.1 Å². The Kier molecular flexibility index (Phi) is 10.6. The van der Waals surface area contributed by atoms with Crippen molar-refractivity contribution in [2.45, 2.75) is 4.90 Å². The third-order valence-electron chi connectivity index (χ3n) is 1.25. The molecule has 0 aliphatic rings. The van der Waals surface area contributed by atoms with Crippen LogP contribution in [-0.2, 0) is 10.1 Å². The van der Waals surface area contributed by atoms with E-state index in [2.05, 4.69) is 0 Å². The first kappa shape index (κ1) is 20.0. The number of benzene rings is 1. The molecule has 1 rings (SSSR count). The maximum atomic E-state index is 10.7. The van der Waals surface area contributed by atoms with Crippen LogP contribution in [0.2, 0.25) is 15.1 Å². The van der Waals surface area contributed by atoms with Crippen LogP contribution in [0.1, 0.15) is 0 Å². The van der Waals surface area contributed by atoms with Gasteiger partial charge in [0.05, 0.1) is 15.1 Å². The zero-order valence-corrected chi connectivity index (χ0v) is 9.04. The van der Waals surface area contributed by atoms with Crippen LogP contribution >= 0.6 is 34.8 Å². The van der Waals surface area contributed by atoms with E-state index in [4.69, 9.17) is 39.4 Å². The summed E-state index contributed by atoms with van der Waals surface area (Å²) in [5, 5.41) is -0.0327. The summed E-state index contributed by atoms with van der Waals surface area (Å²) in [6, 6.07) is 2.14. The first-order valence-electron chi connectivity index (χ1n) is 2.94. The van der Waals surface area contributed by atoms with Crippen molar-refractivity contribution in [2.24, 2.45) is 0 Å². The molecule has 0 spiro atoms. The second-order valence-corrected chi connectivity index (χ2v) is 4.78. The summed E-state index contributed by atoms with van der Waals surface area (Å²) in [7, 11) is -4.35. The molecule has 0 aromatic heterocycles. The summed E-state index contributed by atoms with van der Waals surface area (Å²) in [6.07, 6.45) is 0. The molecule has 0 saturated heterocycles. The van der Waals surface area contributed by atoms with Crippen molar-refractivity contribution < 1.29 is 13.0 Å². The van der Waals surface area contributed by atoms with Gasteiger partial charge in [0, 0.05) is 0 Å². The van der Waals surface area contributed by atoms with Crippen LogP contribution < -0.4 is 0 Å². The fourth-order valence-corrected chi connectivity index (χ4v) is 2.18. The summed E-state index contributed by atoms with van der Waals surface area (Å²) in [5.74, 6) is 0. The zero-order chi connectivity index (χ0) is 10.2. The third kappa shape index (κ3) is 5.87. The molecule has 3 nitrogen and oxygen atoms in total. The van der Waals surface area contributed by atoms with Crippen molar-refractivity contribution >= 4 is 126 Å². The number of rotatable bonds is 1. The molecule has 0 aliphatic carbocycles. The van der Waals surface area contributed by atoms with Gasteiger partial charge in [-0.1, -0.05) is 34.8 Å². The van der Waals surface area contributed by atoms with Crippen molar-refractivity contribution in [3.05, 3.63) is 27.2 Å². The van der Waals surface area contributed by atoms with Crippen LogP contribution in [0, 0.1) is 0 Å². The monoisotopic (exact) mass is 324 g/mol. The second-order valence-electron chi connectivity index (χ2n) is 2.17. The molecule has 0 heterocycles. The number of halogens is 3. The Balaban J connectivity index is 0. The van der Waals surface area contributed by atoms with Gasteiger partial charge >= 0.3 is 80.9 Å². The molecule has 1 N–H and O–H groups in total. The summed E-state index contributed by atoms with van der Waals surface area (Å²) < 4.78 is 30.0. The van der Waals surface area contributed by atoms with Gasteiger partial charge in [0.1, 0.15) is 4.90 Å². The molecule has 0 amide bonds. The number of hydrogen-bond donors (Lipinski definition) is 1. The molecule has 1 aromatic carbocycles. The van der Waals surface area contributed by atoms with Gasteiger partial charge in [0.2, 0.25) is 0 Å². The van der Waals surface area contributed by atoms with E-state index in [1.165, 1.54) is 0 Å². The van der Waals surface area contributed by atoms with E-state index in [9.17, 15) is 8.42 Å².